The van der Waals surface area contributed by atoms with Crippen molar-refractivity contribution in [3.63, 3.8) is 0 Å². The number of hydrogen-bond acceptors (Lipinski definition) is 5. The molecular weight excluding hydrogens is 362 g/mol. The Labute approximate surface area is 171 Å². The first-order valence-corrected chi connectivity index (χ1v) is 10.1. The largest absolute Gasteiger partial charge is 0.363 e. The van der Waals surface area contributed by atoms with Crippen LogP contribution in [-0.4, -0.2) is 42.1 Å². The quantitative estimate of drug-likeness (QED) is 0.694. The Morgan fingerprint density at radius 3 is 2.45 bits per heavy atom. The molecule has 6 nitrogen and oxygen atoms in total. The highest BCUT2D eigenvalue weighted by Crippen LogP contribution is 2.22. The molecule has 1 aromatic heterocycles. The third-order valence-electron chi connectivity index (χ3n) is 5.51. The highest BCUT2D eigenvalue weighted by molar-refractivity contribution is 5.98. The Kier molecular flexibility index (Phi) is 5.60. The minimum atomic E-state index is 0.00850. The van der Waals surface area contributed by atoms with Crippen molar-refractivity contribution in [3.8, 4) is 0 Å². The maximum Gasteiger partial charge on any atom is 0.251 e. The molecule has 0 saturated heterocycles. The average molecular weight is 390 g/mol. The predicted octanol–water partition coefficient (Wildman–Crippen LogP) is 3.85. The summed E-state index contributed by atoms with van der Waals surface area (Å²) in [7, 11) is 3.94. The molecule has 2 aromatic carbocycles. The number of nitrogens with zero attached hydrogens (tertiary/aromatic N) is 3. The summed E-state index contributed by atoms with van der Waals surface area (Å²) in [6.45, 7) is 0. The summed E-state index contributed by atoms with van der Waals surface area (Å²) in [5.41, 5.74) is 0.720. The van der Waals surface area contributed by atoms with Crippen LogP contribution in [0.15, 0.2) is 54.7 Å². The monoisotopic (exact) mass is 389 g/mol. The van der Waals surface area contributed by atoms with Crippen molar-refractivity contribution < 1.29 is 4.79 Å². The lowest BCUT2D eigenvalue weighted by Gasteiger charge is -2.29. The molecule has 0 aliphatic heterocycles. The van der Waals surface area contributed by atoms with E-state index >= 15 is 0 Å². The molecule has 1 fully saturated rings. The van der Waals surface area contributed by atoms with E-state index in [4.69, 9.17) is 0 Å². The third-order valence-corrected chi connectivity index (χ3v) is 5.51. The van der Waals surface area contributed by atoms with Gasteiger partial charge in [-0.3, -0.25) is 4.79 Å². The van der Waals surface area contributed by atoms with E-state index in [9.17, 15) is 4.79 Å². The van der Waals surface area contributed by atoms with E-state index in [2.05, 4.69) is 26.7 Å². The van der Waals surface area contributed by atoms with Gasteiger partial charge in [0.15, 0.2) is 0 Å². The van der Waals surface area contributed by atoms with Crippen molar-refractivity contribution in [3.05, 3.63) is 60.3 Å². The van der Waals surface area contributed by atoms with Gasteiger partial charge in [0.2, 0.25) is 5.95 Å². The smallest absolute Gasteiger partial charge is 0.251 e. The summed E-state index contributed by atoms with van der Waals surface area (Å²) in [5.74, 6) is 1.56. The van der Waals surface area contributed by atoms with Crippen LogP contribution in [0.5, 0.6) is 0 Å². The van der Waals surface area contributed by atoms with E-state index in [1.54, 1.807) is 6.20 Å². The van der Waals surface area contributed by atoms with E-state index in [1.807, 2.05) is 61.5 Å². The Morgan fingerprint density at radius 2 is 1.69 bits per heavy atom. The summed E-state index contributed by atoms with van der Waals surface area (Å²) in [6.07, 6.45) is 5.64. The van der Waals surface area contributed by atoms with Crippen LogP contribution >= 0.6 is 0 Å². The van der Waals surface area contributed by atoms with Crippen molar-refractivity contribution >= 4 is 28.4 Å². The van der Waals surface area contributed by atoms with Gasteiger partial charge in [0.1, 0.15) is 5.82 Å². The molecule has 150 valence electrons. The predicted molar refractivity (Wildman–Crippen MR) is 117 cm³/mol. The summed E-state index contributed by atoms with van der Waals surface area (Å²) >= 11 is 0. The number of benzene rings is 2. The minimum absolute atomic E-state index is 0.00850. The van der Waals surface area contributed by atoms with Crippen molar-refractivity contribution in [1.82, 2.24) is 15.3 Å². The van der Waals surface area contributed by atoms with Crippen LogP contribution < -0.4 is 15.5 Å². The van der Waals surface area contributed by atoms with E-state index in [0.717, 1.165) is 47.8 Å². The van der Waals surface area contributed by atoms with Crippen LogP contribution in [0.2, 0.25) is 0 Å². The SMILES string of the molecule is CN(C)c1ccnc(N[C@H]2CC[C@@H](NC(=O)c3ccc4ccccc4c3)CC2)n1. The van der Waals surface area contributed by atoms with Crippen molar-refractivity contribution in [2.24, 2.45) is 0 Å². The number of carbonyl (C=O) groups excluding carboxylic acids is 1. The van der Waals surface area contributed by atoms with Gasteiger partial charge in [-0.05, 0) is 54.7 Å². The average Bonchev–Trinajstić information content (AvgIpc) is 2.75. The molecule has 0 atom stereocenters. The Bertz CT molecular complexity index is 995. The number of nitrogens with one attached hydrogen (secondary N) is 2. The van der Waals surface area contributed by atoms with Crippen molar-refractivity contribution in [2.45, 2.75) is 37.8 Å². The normalized spacial score (nSPS) is 19.0. The fourth-order valence-electron chi connectivity index (χ4n) is 3.83. The molecule has 3 aromatic rings. The molecule has 29 heavy (non-hydrogen) atoms. The van der Waals surface area contributed by atoms with Gasteiger partial charge in [0, 0.05) is 37.9 Å². The molecule has 0 spiro atoms. The number of carbonyl (C=O) groups is 1. The number of aromatic nitrogens is 2. The lowest BCUT2D eigenvalue weighted by molar-refractivity contribution is 0.0926. The van der Waals surface area contributed by atoms with Crippen LogP contribution in [0.25, 0.3) is 10.8 Å². The molecule has 0 bridgehead atoms. The second kappa shape index (κ2) is 8.47. The molecule has 1 heterocycles. The number of hydrogen-bond donors (Lipinski definition) is 2. The maximum absolute atomic E-state index is 12.7. The summed E-state index contributed by atoms with van der Waals surface area (Å²) < 4.78 is 0. The minimum Gasteiger partial charge on any atom is -0.363 e. The lowest BCUT2D eigenvalue weighted by atomic mass is 9.91. The zero-order valence-electron chi connectivity index (χ0n) is 16.9. The highest BCUT2D eigenvalue weighted by atomic mass is 16.1. The van der Waals surface area contributed by atoms with Gasteiger partial charge in [-0.25, -0.2) is 4.98 Å². The highest BCUT2D eigenvalue weighted by Gasteiger charge is 2.23. The zero-order valence-corrected chi connectivity index (χ0v) is 16.9. The summed E-state index contributed by atoms with van der Waals surface area (Å²) in [6, 6.07) is 16.4. The van der Waals surface area contributed by atoms with E-state index in [1.165, 1.54) is 0 Å². The first-order chi connectivity index (χ1) is 14.1. The molecular formula is C23H27N5O. The Morgan fingerprint density at radius 1 is 0.966 bits per heavy atom. The lowest BCUT2D eigenvalue weighted by Crippen LogP contribution is -2.40. The van der Waals surface area contributed by atoms with E-state index in [-0.39, 0.29) is 11.9 Å². The molecule has 6 heteroatoms. The van der Waals surface area contributed by atoms with Crippen molar-refractivity contribution in [1.29, 1.82) is 0 Å². The number of amides is 1. The number of rotatable bonds is 5. The molecule has 0 unspecified atom stereocenters. The van der Waals surface area contributed by atoms with Gasteiger partial charge >= 0.3 is 0 Å². The topological polar surface area (TPSA) is 70.2 Å². The van der Waals surface area contributed by atoms with Gasteiger partial charge in [-0.2, -0.15) is 4.98 Å². The first kappa shape index (κ1) is 19.2. The third kappa shape index (κ3) is 4.65. The Balaban J connectivity index is 1.31. The van der Waals surface area contributed by atoms with Crippen LogP contribution in [0.4, 0.5) is 11.8 Å². The Hall–Kier alpha value is -3.15. The van der Waals surface area contributed by atoms with E-state index < -0.39 is 0 Å². The number of anilines is 2. The molecule has 1 aliphatic rings. The molecule has 1 amide bonds. The van der Waals surface area contributed by atoms with Gasteiger partial charge in [-0.15, -0.1) is 0 Å². The molecule has 1 saturated carbocycles. The molecule has 1 aliphatic carbocycles. The van der Waals surface area contributed by atoms with Crippen LogP contribution in [0.1, 0.15) is 36.0 Å². The van der Waals surface area contributed by atoms with Gasteiger partial charge < -0.3 is 15.5 Å². The van der Waals surface area contributed by atoms with Crippen LogP contribution in [-0.2, 0) is 0 Å². The zero-order chi connectivity index (χ0) is 20.2. The standard InChI is InChI=1S/C23H27N5O/c1-28(2)21-13-14-24-23(27-21)26-20-11-9-19(10-12-20)25-22(29)18-8-7-16-5-3-4-6-17(16)15-18/h3-8,13-15,19-20H,9-12H2,1-2H3,(H,25,29)(H,24,26,27)/t19-,20+. The molecule has 2 N–H and O–H groups in total. The first-order valence-electron chi connectivity index (χ1n) is 10.1. The van der Waals surface area contributed by atoms with Gasteiger partial charge in [0.05, 0.1) is 0 Å². The molecule has 4 rings (SSSR count). The molecule has 0 radical (unpaired) electrons. The van der Waals surface area contributed by atoms with Crippen LogP contribution in [0.3, 0.4) is 0 Å². The second-order valence-electron chi connectivity index (χ2n) is 7.86. The fraction of sp³-hybridized carbons (Fsp3) is 0.348. The second-order valence-corrected chi connectivity index (χ2v) is 7.86. The fourth-order valence-corrected chi connectivity index (χ4v) is 3.83. The van der Waals surface area contributed by atoms with Gasteiger partial charge in [-0.1, -0.05) is 30.3 Å². The summed E-state index contributed by atoms with van der Waals surface area (Å²) in [5, 5.41) is 8.88. The van der Waals surface area contributed by atoms with Crippen LogP contribution in [0, 0.1) is 0 Å². The van der Waals surface area contributed by atoms with Crippen molar-refractivity contribution in [2.75, 3.05) is 24.3 Å². The number of fused-ring (bicyclic) bond motifs is 1. The van der Waals surface area contributed by atoms with Gasteiger partial charge in [0.25, 0.3) is 5.91 Å². The van der Waals surface area contributed by atoms with E-state index in [0.29, 0.717) is 12.0 Å². The summed E-state index contributed by atoms with van der Waals surface area (Å²) in [4.78, 5) is 23.5. The maximum atomic E-state index is 12.7.